The van der Waals surface area contributed by atoms with E-state index in [9.17, 15) is 28.8 Å². The van der Waals surface area contributed by atoms with Crippen LogP contribution in [0.25, 0.3) is 0 Å². The Morgan fingerprint density at radius 1 is 0.545 bits per heavy atom. The molecule has 0 heterocycles. The summed E-state index contributed by atoms with van der Waals surface area (Å²) in [6.07, 6.45) is -0.651. The Balaban J connectivity index is 4.74. The molecule has 125 valence electrons. The summed E-state index contributed by atoms with van der Waals surface area (Å²) in [5.74, 6) is -1.73. The molecule has 7 heteroatoms. The van der Waals surface area contributed by atoms with Gasteiger partial charge >= 0.3 is 133 Å². The van der Waals surface area contributed by atoms with Gasteiger partial charge in [0.1, 0.15) is 0 Å². The molecule has 0 bridgehead atoms. The summed E-state index contributed by atoms with van der Waals surface area (Å²) in [6, 6.07) is 0. The molecule has 0 aromatic heterocycles. The van der Waals surface area contributed by atoms with Gasteiger partial charge < -0.3 is 0 Å². The Bertz CT molecular complexity index is 423. The first kappa shape index (κ1) is 20.5. The summed E-state index contributed by atoms with van der Waals surface area (Å²) < 4.78 is 0. The number of hydrogen-bond acceptors (Lipinski definition) is 6. The average molecular weight is 353 g/mol. The molecule has 0 saturated carbocycles. The van der Waals surface area contributed by atoms with Crippen LogP contribution in [-0.4, -0.2) is 34.7 Å². The van der Waals surface area contributed by atoms with Crippen LogP contribution in [0.3, 0.4) is 0 Å². The summed E-state index contributed by atoms with van der Waals surface area (Å²) in [5, 5.41) is 0.0204. The zero-order chi connectivity index (χ0) is 17.3. The average Bonchev–Trinajstić information content (AvgIpc) is 2.23. The Hall–Kier alpha value is -1.46. The Morgan fingerprint density at radius 2 is 0.773 bits per heavy atom. The molecule has 0 saturated heterocycles. The van der Waals surface area contributed by atoms with Crippen molar-refractivity contribution in [3.8, 4) is 0 Å². The predicted molar refractivity (Wildman–Crippen MR) is 75.3 cm³/mol. The van der Waals surface area contributed by atoms with E-state index in [1.807, 2.05) is 0 Å². The van der Waals surface area contributed by atoms with E-state index in [1.54, 1.807) is 0 Å². The van der Waals surface area contributed by atoms with Gasteiger partial charge in [0.25, 0.3) is 0 Å². The quantitative estimate of drug-likeness (QED) is 0.389. The SMILES string of the molecule is CC(=O)CC(=O)[CH2][Fe]([CH2]C(=O)CC(C)=O)[CH2]C(=O)CC(C)=O. The molecule has 22 heavy (non-hydrogen) atoms. The van der Waals surface area contributed by atoms with E-state index in [1.165, 1.54) is 20.8 Å². The molecular formula is C15H21FeO6. The minimum atomic E-state index is -1.48. The molecule has 0 atom stereocenters. The summed E-state index contributed by atoms with van der Waals surface area (Å²) in [7, 11) is 0. The van der Waals surface area contributed by atoms with Gasteiger partial charge in [0.15, 0.2) is 0 Å². The van der Waals surface area contributed by atoms with Crippen molar-refractivity contribution in [2.24, 2.45) is 0 Å². The van der Waals surface area contributed by atoms with Gasteiger partial charge in [0.2, 0.25) is 0 Å². The molecule has 0 aromatic carbocycles. The maximum atomic E-state index is 11.7. The molecule has 0 aliphatic heterocycles. The molecule has 0 aliphatic rings. The van der Waals surface area contributed by atoms with Crippen LogP contribution in [0, 0.1) is 0 Å². The Labute approximate surface area is 133 Å². The second kappa shape index (κ2) is 10.3. The number of ketones is 6. The first-order valence-corrected chi connectivity index (χ1v) is 9.00. The zero-order valence-electron chi connectivity index (χ0n) is 13.0. The number of rotatable bonds is 12. The second-order valence-electron chi connectivity index (χ2n) is 5.16. The van der Waals surface area contributed by atoms with E-state index < -0.39 is 13.9 Å². The van der Waals surface area contributed by atoms with Crippen molar-refractivity contribution in [1.29, 1.82) is 0 Å². The van der Waals surface area contributed by atoms with E-state index in [-0.39, 0.29) is 69.9 Å². The molecule has 0 amide bonds. The van der Waals surface area contributed by atoms with Gasteiger partial charge in [-0.1, -0.05) is 0 Å². The first-order chi connectivity index (χ1) is 10.1. The van der Waals surface area contributed by atoms with Crippen LogP contribution >= 0.6 is 0 Å². The van der Waals surface area contributed by atoms with Crippen LogP contribution in [-0.2, 0) is 42.7 Å². The number of carbonyl (C=O) groups excluding carboxylic acids is 6. The van der Waals surface area contributed by atoms with Crippen molar-refractivity contribution >= 4 is 34.7 Å². The van der Waals surface area contributed by atoms with Gasteiger partial charge in [-0.05, 0) is 0 Å². The molecule has 0 aliphatic carbocycles. The van der Waals surface area contributed by atoms with Crippen LogP contribution in [0.1, 0.15) is 40.0 Å². The zero-order valence-corrected chi connectivity index (χ0v) is 14.1. The van der Waals surface area contributed by atoms with Crippen molar-refractivity contribution in [2.45, 2.75) is 56.0 Å². The fraction of sp³-hybridized carbons (Fsp3) is 0.600. The molecule has 6 nitrogen and oxygen atoms in total. The van der Waals surface area contributed by atoms with E-state index in [0.29, 0.717) is 0 Å². The topological polar surface area (TPSA) is 102 Å². The first-order valence-electron chi connectivity index (χ1n) is 6.66. The molecule has 0 spiro atoms. The van der Waals surface area contributed by atoms with Crippen molar-refractivity contribution < 1.29 is 42.7 Å². The predicted octanol–water partition coefficient (Wildman–Crippen LogP) is 1.50. The van der Waals surface area contributed by atoms with Gasteiger partial charge in [-0.2, -0.15) is 0 Å². The maximum absolute atomic E-state index is 11.7. The third-order valence-corrected chi connectivity index (χ3v) is 5.25. The third kappa shape index (κ3) is 11.2. The van der Waals surface area contributed by atoms with Crippen molar-refractivity contribution in [3.63, 3.8) is 0 Å². The summed E-state index contributed by atoms with van der Waals surface area (Å²) in [6.45, 7) is 3.89. The van der Waals surface area contributed by atoms with Crippen LogP contribution in [0.15, 0.2) is 0 Å². The Morgan fingerprint density at radius 3 is 0.955 bits per heavy atom. The van der Waals surface area contributed by atoms with Crippen molar-refractivity contribution in [3.05, 3.63) is 0 Å². The number of carbonyl (C=O) groups is 6. The molecule has 0 N–H and O–H groups in total. The standard InChI is InChI=1S/3C5H7O2.Fe/c3*1-4(6)3-5(2)7;/h3*1,3H2,2H3;. The normalized spacial score (nSPS) is 10.8. The van der Waals surface area contributed by atoms with Gasteiger partial charge in [-0.25, -0.2) is 0 Å². The van der Waals surface area contributed by atoms with Crippen LogP contribution in [0.4, 0.5) is 0 Å². The van der Waals surface area contributed by atoms with Crippen LogP contribution in [0.2, 0.25) is 16.0 Å². The van der Waals surface area contributed by atoms with Gasteiger partial charge in [-0.15, -0.1) is 0 Å². The van der Waals surface area contributed by atoms with Crippen molar-refractivity contribution in [2.75, 3.05) is 0 Å². The Kier molecular flexibility index (Phi) is 9.61. The van der Waals surface area contributed by atoms with Gasteiger partial charge in [0.05, 0.1) is 0 Å². The van der Waals surface area contributed by atoms with Crippen LogP contribution in [0.5, 0.6) is 0 Å². The molecule has 0 unspecified atom stereocenters. The second-order valence-corrected chi connectivity index (χ2v) is 7.99. The molecule has 0 rings (SSSR count). The summed E-state index contributed by atoms with van der Waals surface area (Å²) >= 11 is -1.48. The monoisotopic (exact) mass is 353 g/mol. The molecule has 0 aromatic rings. The fourth-order valence-corrected chi connectivity index (χ4v) is 4.37. The summed E-state index contributed by atoms with van der Waals surface area (Å²) in [4.78, 5) is 68.0. The van der Waals surface area contributed by atoms with E-state index >= 15 is 0 Å². The van der Waals surface area contributed by atoms with E-state index in [2.05, 4.69) is 0 Å². The number of hydrogen-bond donors (Lipinski definition) is 0. The van der Waals surface area contributed by atoms with Crippen molar-refractivity contribution in [1.82, 2.24) is 0 Å². The minimum absolute atomic E-state index is 0.00682. The molecular weight excluding hydrogens is 332 g/mol. The fourth-order valence-electron chi connectivity index (χ4n) is 1.69. The molecule has 0 fully saturated rings. The third-order valence-electron chi connectivity index (χ3n) is 2.29. The van der Waals surface area contributed by atoms with Gasteiger partial charge in [0, 0.05) is 0 Å². The number of Topliss-reactive ketones (excluding diaryl/α,β-unsaturated/α-hetero) is 6. The molecule has 0 radical (unpaired) electrons. The van der Waals surface area contributed by atoms with Crippen LogP contribution < -0.4 is 0 Å². The van der Waals surface area contributed by atoms with Gasteiger partial charge in [-0.3, -0.25) is 0 Å². The van der Waals surface area contributed by atoms with E-state index in [4.69, 9.17) is 0 Å². The van der Waals surface area contributed by atoms with E-state index in [0.717, 1.165) is 0 Å². The summed E-state index contributed by atoms with van der Waals surface area (Å²) in [5.41, 5.74) is 0.